The van der Waals surface area contributed by atoms with Crippen molar-refractivity contribution in [1.82, 2.24) is 19.9 Å². The quantitative estimate of drug-likeness (QED) is 0.136. The summed E-state index contributed by atoms with van der Waals surface area (Å²) in [6.07, 6.45) is 0. The van der Waals surface area contributed by atoms with Crippen molar-refractivity contribution in [3.63, 3.8) is 0 Å². The summed E-state index contributed by atoms with van der Waals surface area (Å²) in [5.74, 6) is 1.91. The number of hydrogen-bond donors (Lipinski definition) is 0. The summed E-state index contributed by atoms with van der Waals surface area (Å²) in [5, 5.41) is 7.75. The Morgan fingerprint density at radius 2 is 0.692 bits per heavy atom. The average Bonchev–Trinajstić information content (AvgIpc) is 3.23. The predicted octanol–water partition coefficient (Wildman–Crippen LogP) is 12.2. The van der Waals surface area contributed by atoms with Gasteiger partial charge in [-0.15, -0.1) is 0 Å². The van der Waals surface area contributed by atoms with Gasteiger partial charge in [0.05, 0.1) is 11.2 Å². The summed E-state index contributed by atoms with van der Waals surface area (Å²) in [5.41, 5.74) is 8.23. The van der Waals surface area contributed by atoms with Crippen LogP contribution in [0.25, 0.3) is 99.8 Å². The molecule has 0 saturated carbocycles. The molecule has 242 valence electrons. The van der Waals surface area contributed by atoms with Gasteiger partial charge < -0.3 is 0 Å². The molecule has 4 nitrogen and oxygen atoms in total. The first-order valence-corrected chi connectivity index (χ1v) is 17.5. The number of pyridine rings is 1. The lowest BCUT2D eigenvalue weighted by Crippen LogP contribution is -2.02. The highest BCUT2D eigenvalue weighted by Gasteiger charge is 2.23. The van der Waals surface area contributed by atoms with Crippen molar-refractivity contribution in [3.05, 3.63) is 182 Å². The highest BCUT2D eigenvalue weighted by Crippen LogP contribution is 2.46. The van der Waals surface area contributed by atoms with Crippen molar-refractivity contribution in [2.24, 2.45) is 0 Å². The van der Waals surface area contributed by atoms with Crippen molar-refractivity contribution in [3.8, 4) is 56.5 Å². The van der Waals surface area contributed by atoms with Crippen LogP contribution in [0.15, 0.2) is 182 Å². The summed E-state index contributed by atoms with van der Waals surface area (Å²) in [7, 11) is 0. The number of aromatic nitrogens is 4. The van der Waals surface area contributed by atoms with E-state index in [0.717, 1.165) is 65.8 Å². The number of nitrogens with zero attached hydrogens (tertiary/aromatic N) is 4. The lowest BCUT2D eigenvalue weighted by atomic mass is 9.87. The molecule has 0 saturated heterocycles. The summed E-state index contributed by atoms with van der Waals surface area (Å²) >= 11 is 0. The monoisotopic (exact) mass is 662 g/mol. The zero-order valence-corrected chi connectivity index (χ0v) is 28.1. The molecule has 0 radical (unpaired) electrons. The number of hydrogen-bond acceptors (Lipinski definition) is 4. The van der Waals surface area contributed by atoms with Gasteiger partial charge in [-0.05, 0) is 38.7 Å². The first kappa shape index (κ1) is 29.8. The molecule has 0 aliphatic heterocycles. The van der Waals surface area contributed by atoms with Crippen LogP contribution < -0.4 is 0 Å². The van der Waals surface area contributed by atoms with Crippen LogP contribution in [-0.2, 0) is 0 Å². The highest BCUT2D eigenvalue weighted by atomic mass is 15.0. The molecule has 10 aromatic rings. The number of benzene rings is 8. The fraction of sp³-hybridized carbons (Fsp3) is 0. The zero-order valence-electron chi connectivity index (χ0n) is 28.1. The Morgan fingerprint density at radius 3 is 1.25 bits per heavy atom. The minimum Gasteiger partial charge on any atom is -0.247 e. The molecule has 52 heavy (non-hydrogen) atoms. The molecule has 4 heteroatoms. The Balaban J connectivity index is 1.32. The molecule has 0 unspecified atom stereocenters. The van der Waals surface area contributed by atoms with Gasteiger partial charge in [0.2, 0.25) is 0 Å². The maximum Gasteiger partial charge on any atom is 0.165 e. The van der Waals surface area contributed by atoms with Crippen LogP contribution in [0.1, 0.15) is 0 Å². The van der Waals surface area contributed by atoms with Crippen LogP contribution >= 0.6 is 0 Å². The standard InChI is InChI=1S/C48H30N4/c1-4-17-31(18-5-1)34-28-16-29-40-42(34)39-27-14-15-30-41(39)49-45(40)43-35-23-10-12-25-37(35)44(38-26-13-11-24-36(38)43)48-51-46(32-19-6-2-7-20-32)50-47(52-48)33-21-8-3-9-22-33/h1-30H. The fourth-order valence-corrected chi connectivity index (χ4v) is 7.60. The van der Waals surface area contributed by atoms with E-state index in [9.17, 15) is 0 Å². The Morgan fingerprint density at radius 1 is 0.269 bits per heavy atom. The molecule has 0 amide bonds. The van der Waals surface area contributed by atoms with Crippen molar-refractivity contribution >= 4 is 43.2 Å². The minimum atomic E-state index is 0.634. The Kier molecular flexibility index (Phi) is 7.10. The molecule has 0 N–H and O–H groups in total. The van der Waals surface area contributed by atoms with Crippen LogP contribution in [0.3, 0.4) is 0 Å². The lowest BCUT2D eigenvalue weighted by Gasteiger charge is -2.19. The van der Waals surface area contributed by atoms with Crippen molar-refractivity contribution in [2.45, 2.75) is 0 Å². The maximum absolute atomic E-state index is 5.48. The van der Waals surface area contributed by atoms with Crippen LogP contribution in [0.4, 0.5) is 0 Å². The summed E-state index contributed by atoms with van der Waals surface area (Å²) in [6, 6.07) is 63.2. The molecule has 0 aliphatic rings. The van der Waals surface area contributed by atoms with Crippen LogP contribution in [0.5, 0.6) is 0 Å². The van der Waals surface area contributed by atoms with E-state index >= 15 is 0 Å². The third kappa shape index (κ3) is 4.92. The topological polar surface area (TPSA) is 51.6 Å². The average molecular weight is 663 g/mol. The van der Waals surface area contributed by atoms with Crippen molar-refractivity contribution in [2.75, 3.05) is 0 Å². The molecule has 0 aliphatic carbocycles. The second-order valence-corrected chi connectivity index (χ2v) is 13.0. The Hall–Kier alpha value is -7.04. The fourth-order valence-electron chi connectivity index (χ4n) is 7.60. The SMILES string of the molecule is c1ccc(-c2nc(-c3ccccc3)nc(-c3c4ccccc4c(-c4nc5ccccc5c5c(-c6ccccc6)cccc45)c4ccccc34)n2)cc1. The number of para-hydroxylation sites is 1. The first-order chi connectivity index (χ1) is 25.8. The Bertz CT molecular complexity index is 2830. The van der Waals surface area contributed by atoms with E-state index in [-0.39, 0.29) is 0 Å². The van der Waals surface area contributed by atoms with E-state index < -0.39 is 0 Å². The van der Waals surface area contributed by atoms with Gasteiger partial charge in [-0.25, -0.2) is 19.9 Å². The van der Waals surface area contributed by atoms with Gasteiger partial charge in [-0.3, -0.25) is 0 Å². The smallest absolute Gasteiger partial charge is 0.165 e. The highest BCUT2D eigenvalue weighted by molar-refractivity contribution is 6.25. The lowest BCUT2D eigenvalue weighted by molar-refractivity contribution is 1.08. The van der Waals surface area contributed by atoms with Gasteiger partial charge in [0.25, 0.3) is 0 Å². The van der Waals surface area contributed by atoms with Crippen LogP contribution in [0, 0.1) is 0 Å². The molecule has 2 heterocycles. The van der Waals surface area contributed by atoms with Crippen LogP contribution in [-0.4, -0.2) is 19.9 Å². The maximum atomic E-state index is 5.48. The van der Waals surface area contributed by atoms with Gasteiger partial charge in [0, 0.05) is 38.4 Å². The molecular weight excluding hydrogens is 633 g/mol. The van der Waals surface area contributed by atoms with E-state index in [1.165, 1.54) is 16.5 Å². The second-order valence-electron chi connectivity index (χ2n) is 13.0. The van der Waals surface area contributed by atoms with Crippen molar-refractivity contribution < 1.29 is 0 Å². The molecule has 0 bridgehead atoms. The summed E-state index contributed by atoms with van der Waals surface area (Å²) < 4.78 is 0. The first-order valence-electron chi connectivity index (χ1n) is 17.5. The van der Waals surface area contributed by atoms with E-state index in [1.807, 2.05) is 60.7 Å². The minimum absolute atomic E-state index is 0.634. The molecule has 8 aromatic carbocycles. The summed E-state index contributed by atoms with van der Waals surface area (Å²) in [6.45, 7) is 0. The largest absolute Gasteiger partial charge is 0.247 e. The third-order valence-corrected chi connectivity index (χ3v) is 9.90. The molecular formula is C48H30N4. The van der Waals surface area contributed by atoms with E-state index in [0.29, 0.717) is 17.5 Å². The molecule has 2 aromatic heterocycles. The van der Waals surface area contributed by atoms with E-state index in [1.54, 1.807) is 0 Å². The summed E-state index contributed by atoms with van der Waals surface area (Å²) in [4.78, 5) is 20.9. The number of rotatable bonds is 5. The van der Waals surface area contributed by atoms with Gasteiger partial charge in [0.1, 0.15) is 0 Å². The molecule has 10 rings (SSSR count). The predicted molar refractivity (Wildman–Crippen MR) is 215 cm³/mol. The van der Waals surface area contributed by atoms with E-state index in [4.69, 9.17) is 19.9 Å². The zero-order chi connectivity index (χ0) is 34.4. The van der Waals surface area contributed by atoms with Gasteiger partial charge in [-0.2, -0.15) is 0 Å². The third-order valence-electron chi connectivity index (χ3n) is 9.90. The molecule has 0 atom stereocenters. The normalized spacial score (nSPS) is 11.5. The van der Waals surface area contributed by atoms with Gasteiger partial charge >= 0.3 is 0 Å². The van der Waals surface area contributed by atoms with E-state index in [2.05, 4.69) is 121 Å². The van der Waals surface area contributed by atoms with Gasteiger partial charge in [-0.1, -0.05) is 176 Å². The Labute approximate surface area is 300 Å². The van der Waals surface area contributed by atoms with Crippen LogP contribution in [0.2, 0.25) is 0 Å². The molecule has 0 fully saturated rings. The van der Waals surface area contributed by atoms with Crippen molar-refractivity contribution in [1.29, 1.82) is 0 Å². The molecule has 0 spiro atoms. The number of fused-ring (bicyclic) bond motifs is 5. The van der Waals surface area contributed by atoms with Gasteiger partial charge in [0.15, 0.2) is 17.5 Å². The second kappa shape index (κ2) is 12.4.